The van der Waals surface area contributed by atoms with Gasteiger partial charge in [-0.2, -0.15) is 0 Å². The van der Waals surface area contributed by atoms with Crippen LogP contribution in [-0.4, -0.2) is 51.4 Å². The lowest BCUT2D eigenvalue weighted by Crippen LogP contribution is -2.52. The van der Waals surface area contributed by atoms with E-state index in [1.807, 2.05) is 6.07 Å². The molecular formula is C25H34N4O. The summed E-state index contributed by atoms with van der Waals surface area (Å²) in [7, 11) is 2.11. The van der Waals surface area contributed by atoms with Gasteiger partial charge in [-0.25, -0.2) is 4.98 Å². The minimum atomic E-state index is 0.357. The molecule has 2 aromatic rings. The molecule has 2 heterocycles. The highest BCUT2D eigenvalue weighted by atomic mass is 16.2. The van der Waals surface area contributed by atoms with E-state index in [0.717, 1.165) is 68.2 Å². The quantitative estimate of drug-likeness (QED) is 0.775. The molecule has 0 spiro atoms. The molecule has 0 radical (unpaired) electrons. The molecule has 7 rings (SSSR count). The first-order valence-electron chi connectivity index (χ1n) is 12.0. The van der Waals surface area contributed by atoms with Crippen LogP contribution in [0, 0.1) is 23.2 Å². The summed E-state index contributed by atoms with van der Waals surface area (Å²) in [4.78, 5) is 22.6. The smallest absolute Gasteiger partial charge is 0.223 e. The molecule has 5 fully saturated rings. The fourth-order valence-electron chi connectivity index (χ4n) is 7.63. The molecule has 4 aliphatic carbocycles. The number of aromatic nitrogens is 2. The molecule has 1 aliphatic heterocycles. The van der Waals surface area contributed by atoms with Crippen molar-refractivity contribution >= 4 is 16.9 Å². The number of amides is 1. The summed E-state index contributed by atoms with van der Waals surface area (Å²) in [6.45, 7) is 4.51. The summed E-state index contributed by atoms with van der Waals surface area (Å²) in [6.07, 6.45) is 9.17. The van der Waals surface area contributed by atoms with Crippen molar-refractivity contribution in [3.8, 4) is 0 Å². The predicted molar refractivity (Wildman–Crippen MR) is 118 cm³/mol. The maximum atomic E-state index is 13.2. The first-order valence-corrected chi connectivity index (χ1v) is 12.0. The molecule has 1 amide bonds. The fraction of sp³-hybridized carbons (Fsp3) is 0.680. The standard InChI is InChI=1S/C25H34N4O/c1-27-22-5-3-2-4-21(22)26-23(27)17-28-6-8-29(9-7-28)24(30)16-25-13-18-10-19(14-25)12-20(11-18)15-25/h2-5,18-20H,6-17H2,1H3. The lowest BCUT2D eigenvalue weighted by atomic mass is 9.49. The highest BCUT2D eigenvalue weighted by Gasteiger charge is 2.51. The number of hydrogen-bond donors (Lipinski definition) is 0. The van der Waals surface area contributed by atoms with Gasteiger partial charge in [-0.05, 0) is 73.8 Å². The molecule has 1 aromatic carbocycles. The Kier molecular flexibility index (Phi) is 4.45. The lowest BCUT2D eigenvalue weighted by Gasteiger charge is -2.57. The van der Waals surface area contributed by atoms with Gasteiger partial charge < -0.3 is 9.47 Å². The number of nitrogens with zero attached hydrogens (tertiary/aromatic N) is 4. The third kappa shape index (κ3) is 3.26. The zero-order valence-electron chi connectivity index (χ0n) is 18.2. The molecule has 5 aliphatic rings. The molecular weight excluding hydrogens is 372 g/mol. The van der Waals surface area contributed by atoms with Crippen LogP contribution in [0.3, 0.4) is 0 Å². The van der Waals surface area contributed by atoms with E-state index in [1.165, 1.54) is 44.0 Å². The van der Waals surface area contributed by atoms with Gasteiger partial charge in [0, 0.05) is 39.6 Å². The van der Waals surface area contributed by atoms with Crippen LogP contribution in [-0.2, 0) is 18.4 Å². The van der Waals surface area contributed by atoms with Crippen LogP contribution in [0.5, 0.6) is 0 Å². The number of carbonyl (C=O) groups excluding carboxylic acids is 1. The Balaban J connectivity index is 1.06. The zero-order chi connectivity index (χ0) is 20.3. The maximum absolute atomic E-state index is 13.2. The van der Waals surface area contributed by atoms with Crippen molar-refractivity contribution in [2.75, 3.05) is 26.2 Å². The predicted octanol–water partition coefficient (Wildman–Crippen LogP) is 3.82. The van der Waals surface area contributed by atoms with Crippen LogP contribution >= 0.6 is 0 Å². The fourth-order valence-corrected chi connectivity index (χ4v) is 7.63. The van der Waals surface area contributed by atoms with Gasteiger partial charge in [0.05, 0.1) is 17.6 Å². The number of rotatable bonds is 4. The Morgan fingerprint density at radius 1 is 1.00 bits per heavy atom. The van der Waals surface area contributed by atoms with E-state index in [4.69, 9.17) is 4.98 Å². The van der Waals surface area contributed by atoms with Crippen LogP contribution in [0.25, 0.3) is 11.0 Å². The number of carbonyl (C=O) groups is 1. The van der Waals surface area contributed by atoms with E-state index < -0.39 is 0 Å². The number of fused-ring (bicyclic) bond motifs is 1. The minimum Gasteiger partial charge on any atom is -0.340 e. The Morgan fingerprint density at radius 3 is 2.27 bits per heavy atom. The molecule has 0 unspecified atom stereocenters. The molecule has 5 heteroatoms. The topological polar surface area (TPSA) is 41.4 Å². The van der Waals surface area contributed by atoms with Gasteiger partial charge >= 0.3 is 0 Å². The van der Waals surface area contributed by atoms with Gasteiger partial charge in [0.15, 0.2) is 0 Å². The second kappa shape index (κ2) is 7.08. The maximum Gasteiger partial charge on any atom is 0.223 e. The van der Waals surface area contributed by atoms with E-state index >= 15 is 0 Å². The van der Waals surface area contributed by atoms with Crippen molar-refractivity contribution in [3.05, 3.63) is 30.1 Å². The number of imidazole rings is 1. The van der Waals surface area contributed by atoms with Crippen molar-refractivity contribution in [2.45, 2.75) is 51.5 Å². The highest BCUT2D eigenvalue weighted by molar-refractivity contribution is 5.77. The third-order valence-corrected chi connectivity index (χ3v) is 8.66. The van der Waals surface area contributed by atoms with E-state index in [0.29, 0.717) is 11.3 Å². The van der Waals surface area contributed by atoms with E-state index in [1.54, 1.807) is 0 Å². The van der Waals surface area contributed by atoms with Crippen LogP contribution in [0.15, 0.2) is 24.3 Å². The number of benzene rings is 1. The number of aryl methyl sites for hydroxylation is 1. The molecule has 5 nitrogen and oxygen atoms in total. The highest BCUT2D eigenvalue weighted by Crippen LogP contribution is 2.61. The van der Waals surface area contributed by atoms with Crippen molar-refractivity contribution < 1.29 is 4.79 Å². The van der Waals surface area contributed by atoms with Gasteiger partial charge in [0.1, 0.15) is 5.82 Å². The van der Waals surface area contributed by atoms with Crippen molar-refractivity contribution in [2.24, 2.45) is 30.2 Å². The SMILES string of the molecule is Cn1c(CN2CCN(C(=O)CC34CC5CC(CC(C5)C3)C4)CC2)nc2ccccc21. The lowest BCUT2D eigenvalue weighted by molar-refractivity contribution is -0.141. The molecule has 0 atom stereocenters. The van der Waals surface area contributed by atoms with Crippen LogP contribution in [0.1, 0.15) is 50.8 Å². The van der Waals surface area contributed by atoms with Gasteiger partial charge in [0.25, 0.3) is 0 Å². The average molecular weight is 407 g/mol. The molecule has 30 heavy (non-hydrogen) atoms. The monoisotopic (exact) mass is 406 g/mol. The van der Waals surface area contributed by atoms with Crippen LogP contribution in [0.2, 0.25) is 0 Å². The van der Waals surface area contributed by atoms with Gasteiger partial charge in [-0.3, -0.25) is 9.69 Å². The van der Waals surface area contributed by atoms with Crippen molar-refractivity contribution in [1.29, 1.82) is 0 Å². The summed E-state index contributed by atoms with van der Waals surface area (Å²) in [5, 5.41) is 0. The Bertz CT molecular complexity index is 920. The summed E-state index contributed by atoms with van der Waals surface area (Å²) in [6, 6.07) is 8.34. The van der Waals surface area contributed by atoms with E-state index in [9.17, 15) is 4.79 Å². The third-order valence-electron chi connectivity index (χ3n) is 8.66. The summed E-state index contributed by atoms with van der Waals surface area (Å²) in [5.74, 6) is 4.32. The first-order chi connectivity index (χ1) is 14.6. The molecule has 1 aromatic heterocycles. The van der Waals surface area contributed by atoms with E-state index in [-0.39, 0.29) is 0 Å². The Hall–Kier alpha value is -1.88. The minimum absolute atomic E-state index is 0.357. The second-order valence-corrected chi connectivity index (χ2v) is 10.8. The second-order valence-electron chi connectivity index (χ2n) is 10.8. The summed E-state index contributed by atoms with van der Waals surface area (Å²) in [5.41, 5.74) is 2.62. The van der Waals surface area contributed by atoms with Crippen LogP contribution < -0.4 is 0 Å². The van der Waals surface area contributed by atoms with Crippen molar-refractivity contribution in [1.82, 2.24) is 19.4 Å². The van der Waals surface area contributed by atoms with Gasteiger partial charge in [-0.1, -0.05) is 12.1 Å². The molecule has 4 bridgehead atoms. The Labute approximate surface area is 179 Å². The van der Waals surface area contributed by atoms with Crippen molar-refractivity contribution in [3.63, 3.8) is 0 Å². The van der Waals surface area contributed by atoms with Gasteiger partial charge in [0.2, 0.25) is 5.91 Å². The van der Waals surface area contributed by atoms with E-state index in [2.05, 4.69) is 39.6 Å². The summed E-state index contributed by atoms with van der Waals surface area (Å²) >= 11 is 0. The summed E-state index contributed by atoms with van der Waals surface area (Å²) < 4.78 is 2.21. The molecule has 0 N–H and O–H groups in total. The molecule has 1 saturated heterocycles. The van der Waals surface area contributed by atoms with Crippen LogP contribution in [0.4, 0.5) is 0 Å². The zero-order valence-corrected chi connectivity index (χ0v) is 18.2. The number of para-hydroxylation sites is 2. The number of piperazine rings is 1. The number of hydrogen-bond acceptors (Lipinski definition) is 3. The Morgan fingerprint density at radius 2 is 1.63 bits per heavy atom. The normalized spacial score (nSPS) is 33.5. The molecule has 160 valence electrons. The average Bonchev–Trinajstić information content (AvgIpc) is 3.03. The largest absolute Gasteiger partial charge is 0.340 e. The van der Waals surface area contributed by atoms with Gasteiger partial charge in [-0.15, -0.1) is 0 Å². The molecule has 4 saturated carbocycles. The first kappa shape index (κ1) is 18.9.